The van der Waals surface area contributed by atoms with Crippen molar-refractivity contribution in [2.45, 2.75) is 38.5 Å². The molecule has 2 nitrogen and oxygen atoms in total. The van der Waals surface area contributed by atoms with Crippen LogP contribution in [0.2, 0.25) is 0 Å². The number of rotatable bonds is 7. The third-order valence-electron chi connectivity index (χ3n) is 4.00. The lowest BCUT2D eigenvalue weighted by Crippen LogP contribution is -2.42. The maximum Gasteiger partial charge on any atom is 0.00694 e. The molecule has 1 aliphatic carbocycles. The minimum atomic E-state index is 0.540. The van der Waals surface area contributed by atoms with E-state index in [4.69, 9.17) is 0 Å². The summed E-state index contributed by atoms with van der Waals surface area (Å²) in [6, 6.07) is 0. The van der Waals surface area contributed by atoms with Gasteiger partial charge in [0, 0.05) is 25.4 Å². The molecule has 0 aliphatic heterocycles. The van der Waals surface area contributed by atoms with E-state index in [1.165, 1.54) is 63.9 Å². The molecule has 0 aromatic rings. The first-order valence-electron chi connectivity index (χ1n) is 7.04. The van der Waals surface area contributed by atoms with Crippen LogP contribution in [0.25, 0.3) is 0 Å². The van der Waals surface area contributed by atoms with Crippen molar-refractivity contribution in [2.75, 3.05) is 45.7 Å². The first-order chi connectivity index (χ1) is 8.22. The zero-order chi connectivity index (χ0) is 12.6. The molecule has 17 heavy (non-hydrogen) atoms. The maximum atomic E-state index is 3.44. The Morgan fingerprint density at radius 3 is 2.35 bits per heavy atom. The van der Waals surface area contributed by atoms with Crippen LogP contribution in [0.5, 0.6) is 0 Å². The third kappa shape index (κ3) is 5.62. The van der Waals surface area contributed by atoms with Gasteiger partial charge in [0.25, 0.3) is 0 Å². The van der Waals surface area contributed by atoms with E-state index < -0.39 is 0 Å². The van der Waals surface area contributed by atoms with E-state index in [0.717, 1.165) is 0 Å². The van der Waals surface area contributed by atoms with Crippen LogP contribution in [0.4, 0.5) is 0 Å². The van der Waals surface area contributed by atoms with Gasteiger partial charge in [0.2, 0.25) is 0 Å². The predicted octanol–water partition coefficient (Wildman–Crippen LogP) is 2.84. The Morgan fingerprint density at radius 1 is 1.18 bits per heavy atom. The largest absolute Gasteiger partial charge is 0.319 e. The van der Waals surface area contributed by atoms with Crippen molar-refractivity contribution in [3.63, 3.8) is 0 Å². The van der Waals surface area contributed by atoms with Gasteiger partial charge in [-0.3, -0.25) is 0 Å². The van der Waals surface area contributed by atoms with Crippen LogP contribution in [0, 0.1) is 5.41 Å². The van der Waals surface area contributed by atoms with E-state index in [-0.39, 0.29) is 0 Å². The van der Waals surface area contributed by atoms with Gasteiger partial charge in [0.05, 0.1) is 0 Å². The first-order valence-corrected chi connectivity index (χ1v) is 8.44. The van der Waals surface area contributed by atoms with Gasteiger partial charge in [-0.1, -0.05) is 25.7 Å². The molecule has 0 amide bonds. The minimum Gasteiger partial charge on any atom is -0.319 e. The van der Waals surface area contributed by atoms with E-state index in [1.807, 2.05) is 11.8 Å². The summed E-state index contributed by atoms with van der Waals surface area (Å²) in [6.07, 6.45) is 10.8. The topological polar surface area (TPSA) is 15.3 Å². The standard InChI is InChI=1S/C14H30N2S/c1-15-12-14(8-6-4-5-7-9-14)13-16(2)10-11-17-3/h15H,4-13H2,1-3H3. The monoisotopic (exact) mass is 258 g/mol. The molecule has 0 spiro atoms. The zero-order valence-corrected chi connectivity index (χ0v) is 12.7. The van der Waals surface area contributed by atoms with Crippen molar-refractivity contribution < 1.29 is 0 Å². The molecule has 0 radical (unpaired) electrons. The molecule has 0 bridgehead atoms. The molecule has 0 atom stereocenters. The van der Waals surface area contributed by atoms with Crippen molar-refractivity contribution in [2.24, 2.45) is 5.41 Å². The summed E-state index contributed by atoms with van der Waals surface area (Å²) >= 11 is 1.95. The Kier molecular flexibility index (Phi) is 7.56. The molecule has 0 aromatic carbocycles. The van der Waals surface area contributed by atoms with Gasteiger partial charge in [-0.05, 0) is 38.6 Å². The second-order valence-corrected chi connectivity index (χ2v) is 6.66. The van der Waals surface area contributed by atoms with E-state index in [0.29, 0.717) is 5.41 Å². The third-order valence-corrected chi connectivity index (χ3v) is 4.59. The SMILES string of the molecule is CNCC1(CN(C)CCSC)CCCCCC1. The Hall–Kier alpha value is 0.270. The van der Waals surface area contributed by atoms with Gasteiger partial charge in [-0.2, -0.15) is 11.8 Å². The molecule has 3 heteroatoms. The summed E-state index contributed by atoms with van der Waals surface area (Å²) in [5, 5.41) is 3.44. The van der Waals surface area contributed by atoms with Crippen molar-refractivity contribution in [1.29, 1.82) is 0 Å². The van der Waals surface area contributed by atoms with E-state index in [9.17, 15) is 0 Å². The molecule has 1 aliphatic rings. The summed E-state index contributed by atoms with van der Waals surface area (Å²) in [5.74, 6) is 1.26. The molecule has 1 N–H and O–H groups in total. The molecular weight excluding hydrogens is 228 g/mol. The lowest BCUT2D eigenvalue weighted by molar-refractivity contribution is 0.154. The van der Waals surface area contributed by atoms with Crippen LogP contribution in [-0.4, -0.2) is 50.6 Å². The van der Waals surface area contributed by atoms with Crippen molar-refractivity contribution in [1.82, 2.24) is 10.2 Å². The fourth-order valence-corrected chi connectivity index (χ4v) is 3.64. The predicted molar refractivity (Wildman–Crippen MR) is 79.9 cm³/mol. The summed E-state index contributed by atoms with van der Waals surface area (Å²) in [6.45, 7) is 3.69. The van der Waals surface area contributed by atoms with Crippen LogP contribution in [0.3, 0.4) is 0 Å². The molecule has 0 heterocycles. The molecule has 0 unspecified atom stereocenters. The lowest BCUT2D eigenvalue weighted by Gasteiger charge is -2.36. The number of hydrogen-bond acceptors (Lipinski definition) is 3. The van der Waals surface area contributed by atoms with Crippen LogP contribution in [0.1, 0.15) is 38.5 Å². The van der Waals surface area contributed by atoms with Gasteiger partial charge in [0.1, 0.15) is 0 Å². The summed E-state index contributed by atoms with van der Waals surface area (Å²) in [5.41, 5.74) is 0.540. The lowest BCUT2D eigenvalue weighted by atomic mass is 9.79. The number of nitrogens with one attached hydrogen (secondary N) is 1. The van der Waals surface area contributed by atoms with E-state index in [2.05, 4.69) is 30.6 Å². The first kappa shape index (κ1) is 15.3. The van der Waals surface area contributed by atoms with Crippen LogP contribution >= 0.6 is 11.8 Å². The molecule has 1 saturated carbocycles. The van der Waals surface area contributed by atoms with Gasteiger partial charge >= 0.3 is 0 Å². The molecule has 0 saturated heterocycles. The van der Waals surface area contributed by atoms with Crippen LogP contribution < -0.4 is 5.32 Å². The fourth-order valence-electron chi connectivity index (χ4n) is 3.14. The Morgan fingerprint density at radius 2 is 1.82 bits per heavy atom. The Bertz CT molecular complexity index is 189. The zero-order valence-electron chi connectivity index (χ0n) is 11.9. The van der Waals surface area contributed by atoms with Crippen molar-refractivity contribution in [3.05, 3.63) is 0 Å². The molecule has 1 rings (SSSR count). The molecule has 1 fully saturated rings. The fraction of sp³-hybridized carbons (Fsp3) is 1.00. The van der Waals surface area contributed by atoms with E-state index in [1.54, 1.807) is 0 Å². The Labute approximate surface area is 112 Å². The quantitative estimate of drug-likeness (QED) is 0.707. The minimum absolute atomic E-state index is 0.540. The van der Waals surface area contributed by atoms with Gasteiger partial charge in [0.15, 0.2) is 0 Å². The van der Waals surface area contributed by atoms with Gasteiger partial charge < -0.3 is 10.2 Å². The number of hydrogen-bond donors (Lipinski definition) is 1. The molecule has 0 aromatic heterocycles. The van der Waals surface area contributed by atoms with Crippen molar-refractivity contribution in [3.8, 4) is 0 Å². The highest BCUT2D eigenvalue weighted by molar-refractivity contribution is 7.98. The maximum absolute atomic E-state index is 3.44. The number of nitrogens with zero attached hydrogens (tertiary/aromatic N) is 1. The second-order valence-electron chi connectivity index (χ2n) is 5.68. The highest BCUT2D eigenvalue weighted by Gasteiger charge is 2.31. The van der Waals surface area contributed by atoms with E-state index >= 15 is 0 Å². The second kappa shape index (κ2) is 8.39. The highest BCUT2D eigenvalue weighted by atomic mass is 32.2. The Balaban J connectivity index is 2.49. The van der Waals surface area contributed by atoms with Gasteiger partial charge in [-0.25, -0.2) is 0 Å². The summed E-state index contributed by atoms with van der Waals surface area (Å²) in [7, 11) is 4.40. The van der Waals surface area contributed by atoms with Crippen LogP contribution in [0.15, 0.2) is 0 Å². The highest BCUT2D eigenvalue weighted by Crippen LogP contribution is 2.35. The average Bonchev–Trinajstić information content (AvgIpc) is 2.53. The molecular formula is C14H30N2S. The van der Waals surface area contributed by atoms with Crippen LogP contribution in [-0.2, 0) is 0 Å². The molecule has 102 valence electrons. The summed E-state index contributed by atoms with van der Waals surface area (Å²) in [4.78, 5) is 2.54. The van der Waals surface area contributed by atoms with Gasteiger partial charge in [-0.15, -0.1) is 0 Å². The summed E-state index contributed by atoms with van der Waals surface area (Å²) < 4.78 is 0. The van der Waals surface area contributed by atoms with Crippen molar-refractivity contribution >= 4 is 11.8 Å². The normalized spacial score (nSPS) is 20.5. The smallest absolute Gasteiger partial charge is 0.00694 e. The average molecular weight is 258 g/mol. The number of thioether (sulfide) groups is 1.